The van der Waals surface area contributed by atoms with Crippen molar-refractivity contribution in [1.29, 1.82) is 0 Å². The van der Waals surface area contributed by atoms with Gasteiger partial charge in [0.2, 0.25) is 0 Å². The van der Waals surface area contributed by atoms with Crippen LogP contribution in [-0.4, -0.2) is 36.8 Å². The van der Waals surface area contributed by atoms with Crippen LogP contribution in [0.2, 0.25) is 0 Å². The Morgan fingerprint density at radius 2 is 2.04 bits per heavy atom. The second-order valence-electron chi connectivity index (χ2n) is 7.53. The molecule has 0 amide bonds. The molecule has 3 N–H and O–H groups in total. The fraction of sp³-hybridized carbons (Fsp3) is 0.625. The number of nitrogens with two attached hydrogens (primary N) is 1. The minimum absolute atomic E-state index is 0.541. The van der Waals surface area contributed by atoms with Crippen molar-refractivity contribution in [2.75, 3.05) is 11.9 Å². The Hall–Kier alpha value is -1.51. The van der Waals surface area contributed by atoms with Crippen LogP contribution in [0.15, 0.2) is 18.6 Å². The molecule has 2 aromatic heterocycles. The Balaban J connectivity index is 0.000000383. The normalized spacial score (nSPS) is 28.5. The summed E-state index contributed by atoms with van der Waals surface area (Å²) in [6, 6.07) is 2.70. The first-order valence-corrected chi connectivity index (χ1v) is 9.24. The second kappa shape index (κ2) is 6.09. The van der Waals surface area contributed by atoms with Gasteiger partial charge in [0.1, 0.15) is 17.8 Å². The molecule has 24 heavy (non-hydrogen) atoms. The Kier molecular flexibility index (Phi) is 4.39. The maximum Gasteiger partial charge on any atom is 0.142 e. The number of nitrogens with one attached hydrogen (secondary N) is 1. The molecule has 0 aliphatic heterocycles. The summed E-state index contributed by atoms with van der Waals surface area (Å²) >= 11 is -2.36. The van der Waals surface area contributed by atoms with Gasteiger partial charge in [0.25, 0.3) is 0 Å². The van der Waals surface area contributed by atoms with Crippen LogP contribution in [0.4, 0.5) is 5.82 Å². The third-order valence-electron chi connectivity index (χ3n) is 6.13. The van der Waals surface area contributed by atoms with Crippen LogP contribution in [0.1, 0.15) is 39.5 Å². The van der Waals surface area contributed by atoms with Gasteiger partial charge >= 0.3 is 0 Å². The topological polar surface area (TPSA) is 111 Å². The van der Waals surface area contributed by atoms with Gasteiger partial charge in [-0.25, -0.2) is 9.97 Å². The van der Waals surface area contributed by atoms with E-state index in [2.05, 4.69) is 52.0 Å². The van der Waals surface area contributed by atoms with Gasteiger partial charge in [-0.1, -0.05) is 13.8 Å². The highest BCUT2D eigenvalue weighted by atomic mass is 32.2. The van der Waals surface area contributed by atoms with Crippen molar-refractivity contribution in [2.24, 2.45) is 16.0 Å². The average Bonchev–Trinajstić information content (AvgIpc) is 2.92. The van der Waals surface area contributed by atoms with Gasteiger partial charge in [-0.15, -0.1) is 0 Å². The van der Waals surface area contributed by atoms with Gasteiger partial charge in [0.15, 0.2) is 0 Å². The van der Waals surface area contributed by atoms with Gasteiger partial charge in [-0.2, -0.15) is 0 Å². The molecular formula is C16H24N5O2S-. The van der Waals surface area contributed by atoms with Crippen molar-refractivity contribution in [3.8, 4) is 0 Å². The standard InChI is InChI=1S/C16H22N4.H3NO2S/c1-15(2)5-6-16(15)8-11(9-16)20(3)14-12-4-7-17-13(12)18-10-19-14;1-4(2)3/h4,7,10-11H,5-6,8-9H2,1-3H3,(H,17,18,19);1H2,(H,2,3)/p-1. The molecule has 2 heterocycles. The number of aromatic amines is 1. The highest BCUT2D eigenvalue weighted by Crippen LogP contribution is 2.67. The predicted molar refractivity (Wildman–Crippen MR) is 93.9 cm³/mol. The molecule has 1 spiro atoms. The molecule has 1 atom stereocenters. The Morgan fingerprint density at radius 1 is 1.38 bits per heavy atom. The molecule has 8 heteroatoms. The Bertz CT molecular complexity index is 750. The molecule has 2 saturated carbocycles. The first-order chi connectivity index (χ1) is 11.3. The molecule has 1 unspecified atom stereocenters. The zero-order valence-corrected chi connectivity index (χ0v) is 15.1. The number of aromatic nitrogens is 3. The van der Waals surface area contributed by atoms with E-state index < -0.39 is 11.3 Å². The maximum absolute atomic E-state index is 8.78. The zero-order valence-electron chi connectivity index (χ0n) is 14.3. The number of rotatable bonds is 2. The third kappa shape index (κ3) is 2.82. The minimum atomic E-state index is -2.36. The summed E-state index contributed by atoms with van der Waals surface area (Å²) in [7, 11) is 2.18. The van der Waals surface area contributed by atoms with E-state index in [1.807, 2.05) is 6.20 Å². The van der Waals surface area contributed by atoms with Crippen molar-refractivity contribution < 1.29 is 8.76 Å². The molecule has 0 aromatic carbocycles. The van der Waals surface area contributed by atoms with E-state index >= 15 is 0 Å². The number of fused-ring (bicyclic) bond motifs is 1. The maximum atomic E-state index is 8.78. The van der Waals surface area contributed by atoms with E-state index in [0.717, 1.165) is 16.9 Å². The van der Waals surface area contributed by atoms with E-state index in [0.29, 0.717) is 16.9 Å². The molecule has 2 aliphatic carbocycles. The van der Waals surface area contributed by atoms with Gasteiger partial charge < -0.3 is 14.4 Å². The molecule has 0 saturated heterocycles. The lowest BCUT2D eigenvalue weighted by Gasteiger charge is -2.66. The summed E-state index contributed by atoms with van der Waals surface area (Å²) in [5.41, 5.74) is 2.08. The van der Waals surface area contributed by atoms with Gasteiger partial charge in [-0.05, 0) is 42.6 Å². The summed E-state index contributed by atoms with van der Waals surface area (Å²) in [6.07, 6.45) is 9.02. The Labute approximate surface area is 144 Å². The lowest BCUT2D eigenvalue weighted by atomic mass is 9.41. The fourth-order valence-corrected chi connectivity index (χ4v) is 4.16. The molecule has 0 radical (unpaired) electrons. The van der Waals surface area contributed by atoms with Crippen molar-refractivity contribution in [3.05, 3.63) is 18.6 Å². The van der Waals surface area contributed by atoms with Gasteiger partial charge in [0, 0.05) is 30.6 Å². The smallest absolute Gasteiger partial charge is 0.142 e. The highest BCUT2D eigenvalue weighted by molar-refractivity contribution is 7.76. The van der Waals surface area contributed by atoms with Crippen LogP contribution >= 0.6 is 0 Å². The lowest BCUT2D eigenvalue weighted by Crippen LogP contribution is -2.61. The van der Waals surface area contributed by atoms with E-state index in [9.17, 15) is 0 Å². The number of anilines is 1. The van der Waals surface area contributed by atoms with Crippen LogP contribution < -0.4 is 10.0 Å². The van der Waals surface area contributed by atoms with Crippen molar-refractivity contribution in [1.82, 2.24) is 15.0 Å². The second-order valence-corrected chi connectivity index (χ2v) is 8.06. The number of nitrogens with zero attached hydrogens (tertiary/aromatic N) is 3. The molecule has 0 bridgehead atoms. The Morgan fingerprint density at radius 3 is 2.58 bits per heavy atom. The summed E-state index contributed by atoms with van der Waals surface area (Å²) in [4.78, 5) is 14.3. The monoisotopic (exact) mass is 350 g/mol. The summed E-state index contributed by atoms with van der Waals surface area (Å²) in [5.74, 6) is 1.06. The summed E-state index contributed by atoms with van der Waals surface area (Å²) < 4.78 is 17.6. The lowest BCUT2D eigenvalue weighted by molar-refractivity contribution is -0.125. The van der Waals surface area contributed by atoms with Crippen LogP contribution in [0.3, 0.4) is 0 Å². The van der Waals surface area contributed by atoms with E-state index in [1.54, 1.807) is 6.33 Å². The van der Waals surface area contributed by atoms with E-state index in [1.165, 1.54) is 25.7 Å². The molecule has 2 aromatic rings. The first kappa shape index (κ1) is 17.3. The van der Waals surface area contributed by atoms with Crippen LogP contribution in [0.5, 0.6) is 0 Å². The van der Waals surface area contributed by atoms with Gasteiger partial charge in [0.05, 0.1) is 5.39 Å². The third-order valence-corrected chi connectivity index (χ3v) is 6.13. The summed E-state index contributed by atoms with van der Waals surface area (Å²) in [6.45, 7) is 4.86. The predicted octanol–water partition coefficient (Wildman–Crippen LogP) is 2.10. The van der Waals surface area contributed by atoms with E-state index in [4.69, 9.17) is 8.76 Å². The van der Waals surface area contributed by atoms with E-state index in [-0.39, 0.29) is 0 Å². The molecular weight excluding hydrogens is 326 g/mol. The number of hydrogen-bond donors (Lipinski definition) is 2. The first-order valence-electron chi connectivity index (χ1n) is 8.10. The number of hydrogen-bond acceptors (Lipinski definition) is 5. The zero-order chi connectivity index (χ0) is 17.5. The minimum Gasteiger partial charge on any atom is -0.760 e. The molecule has 132 valence electrons. The quantitative estimate of drug-likeness (QED) is 0.806. The van der Waals surface area contributed by atoms with Crippen molar-refractivity contribution in [2.45, 2.75) is 45.6 Å². The molecule has 2 fully saturated rings. The largest absolute Gasteiger partial charge is 0.760 e. The average molecular weight is 350 g/mol. The highest BCUT2D eigenvalue weighted by Gasteiger charge is 2.60. The molecule has 2 aliphatic rings. The SMILES string of the molecule is CN(c1ncnc2[nH]ccc12)C1CC2(CCC2(C)C)C1.NS(=O)[O-]. The van der Waals surface area contributed by atoms with Crippen molar-refractivity contribution >= 4 is 28.1 Å². The molecule has 7 nitrogen and oxygen atoms in total. The van der Waals surface area contributed by atoms with Crippen LogP contribution in [0, 0.1) is 10.8 Å². The summed E-state index contributed by atoms with van der Waals surface area (Å²) in [5, 5.41) is 5.16. The fourth-order valence-electron chi connectivity index (χ4n) is 4.16. The van der Waals surface area contributed by atoms with Crippen LogP contribution in [0.25, 0.3) is 11.0 Å². The molecule has 4 rings (SSSR count). The van der Waals surface area contributed by atoms with Gasteiger partial charge in [-0.3, -0.25) is 9.35 Å². The van der Waals surface area contributed by atoms with Crippen LogP contribution in [-0.2, 0) is 11.3 Å². The number of H-pyrrole nitrogens is 1. The van der Waals surface area contributed by atoms with Crippen molar-refractivity contribution in [3.63, 3.8) is 0 Å².